The van der Waals surface area contributed by atoms with Crippen LogP contribution in [0, 0.1) is 0 Å². The van der Waals surface area contributed by atoms with Crippen LogP contribution in [-0.2, 0) is 16.0 Å². The van der Waals surface area contributed by atoms with Crippen molar-refractivity contribution < 1.29 is 9.47 Å². The molecular weight excluding hydrogens is 206 g/mol. The molecule has 0 aliphatic carbocycles. The van der Waals surface area contributed by atoms with Crippen molar-refractivity contribution >= 4 is 5.95 Å². The molecule has 0 fully saturated rings. The molecular formula is C11H21N3O2. The number of methoxy groups -OCH3 is 2. The minimum atomic E-state index is 0.351. The second kappa shape index (κ2) is 7.24. The third-order valence-corrected chi connectivity index (χ3v) is 2.38. The molecule has 0 amide bonds. The van der Waals surface area contributed by atoms with E-state index in [1.165, 1.54) is 0 Å². The van der Waals surface area contributed by atoms with Gasteiger partial charge in [0.1, 0.15) is 0 Å². The van der Waals surface area contributed by atoms with E-state index in [-0.39, 0.29) is 0 Å². The summed E-state index contributed by atoms with van der Waals surface area (Å²) in [4.78, 5) is 4.27. The summed E-state index contributed by atoms with van der Waals surface area (Å²) in [7, 11) is 3.41. The molecule has 0 saturated carbocycles. The molecule has 16 heavy (non-hydrogen) atoms. The highest BCUT2D eigenvalue weighted by Gasteiger charge is 2.06. The Hall–Kier alpha value is -1.07. The van der Waals surface area contributed by atoms with Crippen molar-refractivity contribution in [2.24, 2.45) is 0 Å². The van der Waals surface area contributed by atoms with Crippen LogP contribution in [0.2, 0.25) is 0 Å². The minimum Gasteiger partial charge on any atom is -0.385 e. The van der Waals surface area contributed by atoms with Crippen LogP contribution in [0.5, 0.6) is 0 Å². The summed E-state index contributed by atoms with van der Waals surface area (Å²) < 4.78 is 12.1. The van der Waals surface area contributed by atoms with Crippen LogP contribution in [0.4, 0.5) is 5.95 Å². The van der Waals surface area contributed by atoms with Crippen molar-refractivity contribution in [2.75, 3.05) is 32.8 Å². The molecule has 1 unspecified atom stereocenters. The van der Waals surface area contributed by atoms with Gasteiger partial charge in [-0.15, -0.1) is 0 Å². The third-order valence-electron chi connectivity index (χ3n) is 2.38. The molecule has 92 valence electrons. The van der Waals surface area contributed by atoms with Crippen molar-refractivity contribution in [2.45, 2.75) is 25.9 Å². The molecule has 5 heteroatoms. The van der Waals surface area contributed by atoms with Gasteiger partial charge in [-0.2, -0.15) is 0 Å². The summed E-state index contributed by atoms with van der Waals surface area (Å²) in [5.74, 6) is 0.889. The maximum Gasteiger partial charge on any atom is 0.203 e. The SMILES string of the molecule is COCCC(C)Nc1nccn1CCOC. The second-order valence-corrected chi connectivity index (χ2v) is 3.76. The van der Waals surface area contributed by atoms with Crippen LogP contribution >= 0.6 is 0 Å². The third kappa shape index (κ3) is 4.20. The molecule has 0 aliphatic rings. The molecule has 1 atom stereocenters. The van der Waals surface area contributed by atoms with E-state index >= 15 is 0 Å². The van der Waals surface area contributed by atoms with E-state index in [1.807, 2.05) is 10.8 Å². The monoisotopic (exact) mass is 227 g/mol. The highest BCUT2D eigenvalue weighted by molar-refractivity contribution is 5.27. The maximum absolute atomic E-state index is 5.04. The van der Waals surface area contributed by atoms with Crippen LogP contribution in [0.15, 0.2) is 12.4 Å². The molecule has 1 heterocycles. The number of hydrogen-bond acceptors (Lipinski definition) is 4. The summed E-state index contributed by atoms with van der Waals surface area (Å²) in [6.45, 7) is 4.38. The fourth-order valence-corrected chi connectivity index (χ4v) is 1.41. The van der Waals surface area contributed by atoms with Gasteiger partial charge in [-0.3, -0.25) is 0 Å². The smallest absolute Gasteiger partial charge is 0.203 e. The number of aromatic nitrogens is 2. The molecule has 1 rings (SSSR count). The molecule has 5 nitrogen and oxygen atoms in total. The van der Waals surface area contributed by atoms with Gasteiger partial charge in [0.2, 0.25) is 5.95 Å². The Morgan fingerprint density at radius 1 is 1.38 bits per heavy atom. The largest absolute Gasteiger partial charge is 0.385 e. The number of nitrogens with one attached hydrogen (secondary N) is 1. The summed E-state index contributed by atoms with van der Waals surface area (Å²) >= 11 is 0. The first kappa shape index (κ1) is 13.0. The van der Waals surface area contributed by atoms with Crippen LogP contribution in [-0.4, -0.2) is 43.0 Å². The summed E-state index contributed by atoms with van der Waals surface area (Å²) in [6, 6.07) is 0.351. The van der Waals surface area contributed by atoms with Crippen molar-refractivity contribution in [3.05, 3.63) is 12.4 Å². The highest BCUT2D eigenvalue weighted by Crippen LogP contribution is 2.07. The fourth-order valence-electron chi connectivity index (χ4n) is 1.41. The second-order valence-electron chi connectivity index (χ2n) is 3.76. The summed E-state index contributed by atoms with van der Waals surface area (Å²) in [5, 5.41) is 3.35. The van der Waals surface area contributed by atoms with Gasteiger partial charge in [-0.05, 0) is 13.3 Å². The van der Waals surface area contributed by atoms with Gasteiger partial charge in [0, 0.05) is 45.8 Å². The minimum absolute atomic E-state index is 0.351. The lowest BCUT2D eigenvalue weighted by Crippen LogP contribution is -2.20. The van der Waals surface area contributed by atoms with Gasteiger partial charge in [0.25, 0.3) is 0 Å². The van der Waals surface area contributed by atoms with E-state index in [2.05, 4.69) is 17.2 Å². The Morgan fingerprint density at radius 2 is 2.12 bits per heavy atom. The zero-order valence-electron chi connectivity index (χ0n) is 10.3. The maximum atomic E-state index is 5.04. The van der Waals surface area contributed by atoms with Crippen LogP contribution in [0.3, 0.4) is 0 Å². The molecule has 0 aliphatic heterocycles. The topological polar surface area (TPSA) is 48.3 Å². The molecule has 0 bridgehead atoms. The molecule has 1 aromatic heterocycles. The van der Waals surface area contributed by atoms with E-state index in [1.54, 1.807) is 20.4 Å². The van der Waals surface area contributed by atoms with Gasteiger partial charge in [0.05, 0.1) is 6.61 Å². The van der Waals surface area contributed by atoms with Crippen molar-refractivity contribution in [3.8, 4) is 0 Å². The first-order valence-corrected chi connectivity index (χ1v) is 5.53. The zero-order chi connectivity index (χ0) is 11.8. The van der Waals surface area contributed by atoms with Crippen molar-refractivity contribution in [3.63, 3.8) is 0 Å². The quantitative estimate of drug-likeness (QED) is 0.728. The van der Waals surface area contributed by atoms with Gasteiger partial charge in [-0.1, -0.05) is 0 Å². The van der Waals surface area contributed by atoms with Gasteiger partial charge in [0.15, 0.2) is 0 Å². The Labute approximate surface area is 96.8 Å². The Morgan fingerprint density at radius 3 is 2.81 bits per heavy atom. The van der Waals surface area contributed by atoms with Gasteiger partial charge >= 0.3 is 0 Å². The van der Waals surface area contributed by atoms with E-state index in [4.69, 9.17) is 9.47 Å². The summed E-state index contributed by atoms with van der Waals surface area (Å²) in [5.41, 5.74) is 0. The lowest BCUT2D eigenvalue weighted by Gasteiger charge is -2.15. The Kier molecular flexibility index (Phi) is 5.88. The molecule has 0 radical (unpaired) electrons. The number of nitrogens with zero attached hydrogens (tertiary/aromatic N) is 2. The standard InChI is InChI=1S/C11H21N3O2/c1-10(4-8-15-2)13-11-12-5-6-14(11)7-9-16-3/h5-6,10H,4,7-9H2,1-3H3,(H,12,13). The molecule has 1 aromatic rings. The van der Waals surface area contributed by atoms with E-state index < -0.39 is 0 Å². The highest BCUT2D eigenvalue weighted by atomic mass is 16.5. The van der Waals surface area contributed by atoms with E-state index in [0.29, 0.717) is 12.6 Å². The number of rotatable bonds is 8. The average Bonchev–Trinajstić information content (AvgIpc) is 2.71. The zero-order valence-corrected chi connectivity index (χ0v) is 10.3. The molecule has 0 aromatic carbocycles. The number of anilines is 1. The Balaban J connectivity index is 2.42. The fraction of sp³-hybridized carbons (Fsp3) is 0.727. The normalized spacial score (nSPS) is 12.7. The number of hydrogen-bond donors (Lipinski definition) is 1. The van der Waals surface area contributed by atoms with Gasteiger partial charge < -0.3 is 19.4 Å². The molecule has 0 saturated heterocycles. The first-order valence-electron chi connectivity index (χ1n) is 5.53. The lowest BCUT2D eigenvalue weighted by atomic mass is 10.2. The average molecular weight is 227 g/mol. The molecule has 1 N–H and O–H groups in total. The van der Waals surface area contributed by atoms with Crippen LogP contribution < -0.4 is 5.32 Å². The molecule has 0 spiro atoms. The van der Waals surface area contributed by atoms with Crippen molar-refractivity contribution in [1.29, 1.82) is 0 Å². The predicted octanol–water partition coefficient (Wildman–Crippen LogP) is 1.37. The number of imidazole rings is 1. The van der Waals surface area contributed by atoms with Crippen LogP contribution in [0.25, 0.3) is 0 Å². The summed E-state index contributed by atoms with van der Waals surface area (Å²) in [6.07, 6.45) is 4.71. The van der Waals surface area contributed by atoms with Crippen LogP contribution in [0.1, 0.15) is 13.3 Å². The predicted molar refractivity (Wildman–Crippen MR) is 63.7 cm³/mol. The Bertz CT molecular complexity index is 289. The van der Waals surface area contributed by atoms with E-state index in [0.717, 1.165) is 25.5 Å². The first-order chi connectivity index (χ1) is 7.77. The lowest BCUT2D eigenvalue weighted by molar-refractivity contribution is 0.187. The van der Waals surface area contributed by atoms with E-state index in [9.17, 15) is 0 Å². The number of ether oxygens (including phenoxy) is 2. The van der Waals surface area contributed by atoms with Crippen molar-refractivity contribution in [1.82, 2.24) is 9.55 Å². The van der Waals surface area contributed by atoms with Gasteiger partial charge in [-0.25, -0.2) is 4.98 Å².